The quantitative estimate of drug-likeness (QED) is 0.800. The molecule has 2 amide bonds. The first kappa shape index (κ1) is 19.1. The zero-order valence-corrected chi connectivity index (χ0v) is 17.0. The lowest BCUT2D eigenvalue weighted by atomic mass is 10.0. The van der Waals surface area contributed by atoms with Crippen LogP contribution >= 0.6 is 11.8 Å². The van der Waals surface area contributed by atoms with Crippen molar-refractivity contribution in [2.75, 3.05) is 42.3 Å². The second-order valence-electron chi connectivity index (χ2n) is 7.22. The maximum Gasteiger partial charge on any atom is 0.324 e. The van der Waals surface area contributed by atoms with Crippen molar-refractivity contribution in [2.24, 2.45) is 0 Å². The van der Waals surface area contributed by atoms with Crippen molar-refractivity contribution in [1.29, 1.82) is 0 Å². The van der Waals surface area contributed by atoms with Gasteiger partial charge in [-0.2, -0.15) is 16.9 Å². The van der Waals surface area contributed by atoms with Gasteiger partial charge in [-0.05, 0) is 37.1 Å². The number of carbonyl (C=O) groups is 1. The second-order valence-corrected chi connectivity index (χ2v) is 8.37. The lowest BCUT2D eigenvalue weighted by Gasteiger charge is -2.36. The normalized spacial score (nSPS) is 20.8. The van der Waals surface area contributed by atoms with Crippen molar-refractivity contribution in [1.82, 2.24) is 14.7 Å². The first-order valence-corrected chi connectivity index (χ1v) is 11.0. The molecule has 2 saturated heterocycles. The summed E-state index contributed by atoms with van der Waals surface area (Å²) >= 11 is 2.06. The van der Waals surface area contributed by atoms with Gasteiger partial charge in [-0.25, -0.2) is 9.48 Å². The Hall–Kier alpha value is -2.19. The summed E-state index contributed by atoms with van der Waals surface area (Å²) in [7, 11) is 1.59. The number of piperidine rings is 1. The molecule has 0 spiro atoms. The zero-order chi connectivity index (χ0) is 19.3. The summed E-state index contributed by atoms with van der Waals surface area (Å²) in [6.45, 7) is 2.20. The van der Waals surface area contributed by atoms with E-state index in [1.807, 2.05) is 35.0 Å². The van der Waals surface area contributed by atoms with Gasteiger partial charge in [0.05, 0.1) is 25.0 Å². The van der Waals surface area contributed by atoms with E-state index in [1.54, 1.807) is 13.3 Å². The fraction of sp³-hybridized carbons (Fsp3) is 0.500. The summed E-state index contributed by atoms with van der Waals surface area (Å²) in [6.07, 6.45) is 5.18. The van der Waals surface area contributed by atoms with Gasteiger partial charge in [-0.15, -0.1) is 0 Å². The summed E-state index contributed by atoms with van der Waals surface area (Å²) in [6, 6.07) is 9.97. The Kier molecular flexibility index (Phi) is 6.07. The van der Waals surface area contributed by atoms with Crippen LogP contribution in [0.1, 0.15) is 25.3 Å². The van der Waals surface area contributed by atoms with E-state index in [9.17, 15) is 4.79 Å². The van der Waals surface area contributed by atoms with Gasteiger partial charge < -0.3 is 10.1 Å². The highest BCUT2D eigenvalue weighted by Crippen LogP contribution is 2.30. The minimum absolute atomic E-state index is 0.299. The maximum absolute atomic E-state index is 12.5. The van der Waals surface area contributed by atoms with Crippen LogP contribution in [0.25, 0.3) is 0 Å². The van der Waals surface area contributed by atoms with Crippen molar-refractivity contribution in [2.45, 2.75) is 31.3 Å². The third-order valence-electron chi connectivity index (χ3n) is 5.53. The number of likely N-dealkylation sites (tertiary alicyclic amines) is 1. The van der Waals surface area contributed by atoms with Crippen LogP contribution < -0.4 is 15.4 Å². The van der Waals surface area contributed by atoms with E-state index in [2.05, 4.69) is 32.4 Å². The molecule has 0 bridgehead atoms. The highest BCUT2D eigenvalue weighted by Gasteiger charge is 2.29. The Morgan fingerprint density at radius 2 is 1.96 bits per heavy atom. The van der Waals surface area contributed by atoms with E-state index in [0.29, 0.717) is 17.5 Å². The molecule has 0 aliphatic carbocycles. The molecule has 7 nitrogen and oxygen atoms in total. The molecule has 2 aliphatic heterocycles. The van der Waals surface area contributed by atoms with Gasteiger partial charge in [0, 0.05) is 31.0 Å². The molecule has 1 unspecified atom stereocenters. The molecule has 1 aromatic heterocycles. The number of amides is 2. The number of rotatable bonds is 5. The third kappa shape index (κ3) is 4.28. The smallest absolute Gasteiger partial charge is 0.324 e. The van der Waals surface area contributed by atoms with Crippen molar-refractivity contribution in [3.8, 4) is 5.75 Å². The SMILES string of the molecule is COc1ccccc1NC(=O)Nc1ccnn1C1CCN(C2CCSC2)CC1. The van der Waals surface area contributed by atoms with Crippen LogP contribution in [0.5, 0.6) is 5.75 Å². The van der Waals surface area contributed by atoms with Gasteiger partial charge in [0.2, 0.25) is 0 Å². The molecule has 2 aromatic rings. The number of nitrogens with zero attached hydrogens (tertiary/aromatic N) is 3. The molecule has 1 aromatic carbocycles. The van der Waals surface area contributed by atoms with E-state index in [1.165, 1.54) is 17.9 Å². The second kappa shape index (κ2) is 8.87. The first-order chi connectivity index (χ1) is 13.7. The van der Waals surface area contributed by atoms with Crippen LogP contribution in [0, 0.1) is 0 Å². The molecule has 2 aliphatic rings. The fourth-order valence-electron chi connectivity index (χ4n) is 4.03. The number of aromatic nitrogens is 2. The predicted molar refractivity (Wildman–Crippen MR) is 113 cm³/mol. The molecule has 2 fully saturated rings. The van der Waals surface area contributed by atoms with Crippen molar-refractivity contribution >= 4 is 29.3 Å². The minimum atomic E-state index is -0.299. The Morgan fingerprint density at radius 1 is 1.14 bits per heavy atom. The summed E-state index contributed by atoms with van der Waals surface area (Å²) in [5.41, 5.74) is 0.635. The zero-order valence-electron chi connectivity index (χ0n) is 16.1. The maximum atomic E-state index is 12.5. The topological polar surface area (TPSA) is 71.4 Å². The molecule has 4 rings (SSSR count). The number of ether oxygens (including phenoxy) is 1. The standard InChI is InChI=1S/C20H27N5O2S/c1-27-18-5-3-2-4-17(18)22-20(26)23-19-6-10-21-25(19)15-7-11-24(12-8-15)16-9-13-28-14-16/h2-6,10,15-16H,7-9,11-14H2,1H3,(H2,22,23,26). The first-order valence-electron chi connectivity index (χ1n) is 9.81. The molecule has 0 saturated carbocycles. The minimum Gasteiger partial charge on any atom is -0.495 e. The number of para-hydroxylation sites is 2. The van der Waals surface area contributed by atoms with Crippen LogP contribution in [-0.4, -0.2) is 58.5 Å². The van der Waals surface area contributed by atoms with Gasteiger partial charge in [0.15, 0.2) is 0 Å². The van der Waals surface area contributed by atoms with Gasteiger partial charge in [0.1, 0.15) is 11.6 Å². The lowest BCUT2D eigenvalue weighted by molar-refractivity contribution is 0.142. The van der Waals surface area contributed by atoms with Crippen LogP contribution in [-0.2, 0) is 0 Å². The monoisotopic (exact) mass is 401 g/mol. The molecular weight excluding hydrogens is 374 g/mol. The van der Waals surface area contributed by atoms with Crippen molar-refractivity contribution in [3.05, 3.63) is 36.5 Å². The van der Waals surface area contributed by atoms with Gasteiger partial charge in [-0.1, -0.05) is 12.1 Å². The highest BCUT2D eigenvalue weighted by molar-refractivity contribution is 7.99. The van der Waals surface area contributed by atoms with Crippen molar-refractivity contribution in [3.63, 3.8) is 0 Å². The van der Waals surface area contributed by atoms with E-state index in [4.69, 9.17) is 4.74 Å². The number of nitrogens with one attached hydrogen (secondary N) is 2. The van der Waals surface area contributed by atoms with E-state index in [0.717, 1.165) is 37.8 Å². The number of anilines is 2. The number of hydrogen-bond acceptors (Lipinski definition) is 5. The number of hydrogen-bond donors (Lipinski definition) is 2. The van der Waals surface area contributed by atoms with E-state index in [-0.39, 0.29) is 6.03 Å². The Labute approximate surface area is 169 Å². The third-order valence-corrected chi connectivity index (χ3v) is 6.68. The van der Waals surface area contributed by atoms with Gasteiger partial charge in [-0.3, -0.25) is 10.2 Å². The number of urea groups is 1. The molecule has 28 heavy (non-hydrogen) atoms. The number of methoxy groups -OCH3 is 1. The molecule has 3 heterocycles. The Bertz CT molecular complexity index is 797. The van der Waals surface area contributed by atoms with E-state index >= 15 is 0 Å². The van der Waals surface area contributed by atoms with Crippen LogP contribution in [0.2, 0.25) is 0 Å². The summed E-state index contributed by atoms with van der Waals surface area (Å²) < 4.78 is 7.25. The molecule has 150 valence electrons. The van der Waals surface area contributed by atoms with Crippen LogP contribution in [0.15, 0.2) is 36.5 Å². The van der Waals surface area contributed by atoms with Gasteiger partial charge >= 0.3 is 6.03 Å². The number of benzene rings is 1. The largest absolute Gasteiger partial charge is 0.495 e. The lowest BCUT2D eigenvalue weighted by Crippen LogP contribution is -2.42. The van der Waals surface area contributed by atoms with Crippen LogP contribution in [0.4, 0.5) is 16.3 Å². The van der Waals surface area contributed by atoms with Gasteiger partial charge in [0.25, 0.3) is 0 Å². The Balaban J connectivity index is 1.36. The predicted octanol–water partition coefficient (Wildman–Crippen LogP) is 3.68. The molecular formula is C20H27N5O2S. The molecule has 8 heteroatoms. The summed E-state index contributed by atoms with van der Waals surface area (Å²) in [5, 5.41) is 10.3. The molecule has 0 radical (unpaired) electrons. The Morgan fingerprint density at radius 3 is 2.71 bits per heavy atom. The molecule has 2 N–H and O–H groups in total. The summed E-state index contributed by atoms with van der Waals surface area (Å²) in [4.78, 5) is 15.1. The highest BCUT2D eigenvalue weighted by atomic mass is 32.2. The number of thioether (sulfide) groups is 1. The average molecular weight is 402 g/mol. The van der Waals surface area contributed by atoms with Crippen molar-refractivity contribution < 1.29 is 9.53 Å². The van der Waals surface area contributed by atoms with E-state index < -0.39 is 0 Å². The fourth-order valence-corrected chi connectivity index (χ4v) is 5.28. The average Bonchev–Trinajstić information content (AvgIpc) is 3.41. The summed E-state index contributed by atoms with van der Waals surface area (Å²) in [5.74, 6) is 3.91. The molecule has 1 atom stereocenters. The van der Waals surface area contributed by atoms with Crippen LogP contribution in [0.3, 0.4) is 0 Å². The number of carbonyl (C=O) groups excluding carboxylic acids is 1.